The van der Waals surface area contributed by atoms with E-state index in [9.17, 15) is 9.90 Å². The fourth-order valence-electron chi connectivity index (χ4n) is 3.44. The van der Waals surface area contributed by atoms with E-state index in [2.05, 4.69) is 47.3 Å². The van der Waals surface area contributed by atoms with Gasteiger partial charge in [-0.2, -0.15) is 0 Å². The van der Waals surface area contributed by atoms with Crippen molar-refractivity contribution in [2.75, 3.05) is 0 Å². The third kappa shape index (κ3) is 3.53. The van der Waals surface area contributed by atoms with Crippen molar-refractivity contribution >= 4 is 5.97 Å². The average molecular weight is 280 g/mol. The molecule has 2 nitrogen and oxygen atoms in total. The zero-order chi connectivity index (χ0) is 16.0. The number of hydrogen-bond donors (Lipinski definition) is 1. The summed E-state index contributed by atoms with van der Waals surface area (Å²) in [6.07, 6.45) is 7.28. The monoisotopic (exact) mass is 280 g/mol. The lowest BCUT2D eigenvalue weighted by atomic mass is 9.55. The molecule has 0 aliphatic carbocycles. The number of carbonyl (C=O) groups is 1. The Hall–Kier alpha value is -1.05. The van der Waals surface area contributed by atoms with Gasteiger partial charge in [-0.25, -0.2) is 0 Å². The minimum atomic E-state index is -0.737. The number of allylic oxidation sites excluding steroid dienone is 3. The number of carboxylic acids is 1. The van der Waals surface area contributed by atoms with Crippen molar-refractivity contribution in [2.45, 2.75) is 67.2 Å². The summed E-state index contributed by atoms with van der Waals surface area (Å²) in [7, 11) is 0. The Morgan fingerprint density at radius 2 is 1.90 bits per heavy atom. The molecule has 0 spiro atoms. The molecule has 116 valence electrons. The van der Waals surface area contributed by atoms with Crippen LogP contribution in [0.5, 0.6) is 0 Å². The molecule has 0 aliphatic rings. The number of aliphatic carboxylic acids is 1. The Morgan fingerprint density at radius 1 is 1.35 bits per heavy atom. The Bertz CT molecular complexity index is 366. The van der Waals surface area contributed by atoms with Gasteiger partial charge in [0.05, 0.1) is 5.41 Å². The van der Waals surface area contributed by atoms with Gasteiger partial charge in [-0.1, -0.05) is 51.8 Å². The standard InChI is InChI=1S/C18H32O2/c1-8-15(6)18(10-3,16(19)20)17(7,9-2)13-11-12-14(4)5/h9,12,15H,2,8,10-11,13H2,1,3-7H3,(H,19,20). The molecule has 0 fully saturated rings. The van der Waals surface area contributed by atoms with Gasteiger partial charge >= 0.3 is 5.97 Å². The van der Waals surface area contributed by atoms with E-state index in [1.165, 1.54) is 5.57 Å². The maximum Gasteiger partial charge on any atom is 0.310 e. The van der Waals surface area contributed by atoms with E-state index in [1.807, 2.05) is 13.0 Å². The highest BCUT2D eigenvalue weighted by Gasteiger charge is 2.53. The number of rotatable bonds is 9. The molecule has 0 heterocycles. The largest absolute Gasteiger partial charge is 0.481 e. The van der Waals surface area contributed by atoms with E-state index in [1.54, 1.807) is 0 Å². The number of hydrogen-bond acceptors (Lipinski definition) is 1. The predicted octanol–water partition coefficient (Wildman–Crippen LogP) is 5.45. The second kappa shape index (κ2) is 7.66. The molecule has 2 heteroatoms. The highest BCUT2D eigenvalue weighted by molar-refractivity contribution is 5.76. The molecule has 0 saturated heterocycles. The lowest BCUT2D eigenvalue weighted by Crippen LogP contribution is -2.49. The van der Waals surface area contributed by atoms with E-state index in [0.29, 0.717) is 6.42 Å². The molecule has 3 unspecified atom stereocenters. The molecule has 0 aromatic carbocycles. The maximum absolute atomic E-state index is 12.1. The van der Waals surface area contributed by atoms with Crippen molar-refractivity contribution in [2.24, 2.45) is 16.7 Å². The maximum atomic E-state index is 12.1. The first-order valence-corrected chi connectivity index (χ1v) is 7.72. The lowest BCUT2D eigenvalue weighted by Gasteiger charge is -2.47. The Balaban J connectivity index is 5.63. The van der Waals surface area contributed by atoms with Gasteiger partial charge in [-0.05, 0) is 39.0 Å². The van der Waals surface area contributed by atoms with Gasteiger partial charge < -0.3 is 5.11 Å². The van der Waals surface area contributed by atoms with Crippen LogP contribution < -0.4 is 0 Å². The summed E-state index contributed by atoms with van der Waals surface area (Å²) in [5.41, 5.74) is 0.144. The summed E-state index contributed by atoms with van der Waals surface area (Å²) in [4.78, 5) is 12.1. The van der Waals surface area contributed by atoms with Crippen LogP contribution in [0.4, 0.5) is 0 Å². The van der Waals surface area contributed by atoms with Crippen LogP contribution in [0.25, 0.3) is 0 Å². The molecule has 0 bridgehead atoms. The molecule has 0 aromatic rings. The molecule has 0 aromatic heterocycles. The predicted molar refractivity (Wildman–Crippen MR) is 86.8 cm³/mol. The fraction of sp³-hybridized carbons (Fsp3) is 0.722. The van der Waals surface area contributed by atoms with Crippen LogP contribution in [0.3, 0.4) is 0 Å². The van der Waals surface area contributed by atoms with E-state index in [0.717, 1.165) is 19.3 Å². The summed E-state index contributed by atoms with van der Waals surface area (Å²) in [6.45, 7) is 16.3. The minimum absolute atomic E-state index is 0.125. The van der Waals surface area contributed by atoms with E-state index in [4.69, 9.17) is 0 Å². The van der Waals surface area contributed by atoms with Crippen molar-refractivity contribution in [3.8, 4) is 0 Å². The molecule has 3 atom stereocenters. The number of carboxylic acid groups (broad SMARTS) is 1. The Labute approximate surface area is 125 Å². The van der Waals surface area contributed by atoms with Crippen molar-refractivity contribution in [3.63, 3.8) is 0 Å². The smallest absolute Gasteiger partial charge is 0.310 e. The highest BCUT2D eigenvalue weighted by atomic mass is 16.4. The zero-order valence-electron chi connectivity index (χ0n) is 14.1. The highest BCUT2D eigenvalue weighted by Crippen LogP contribution is 2.52. The summed E-state index contributed by atoms with van der Waals surface area (Å²) in [6, 6.07) is 0. The molecule has 0 saturated carbocycles. The minimum Gasteiger partial charge on any atom is -0.481 e. The van der Waals surface area contributed by atoms with Crippen LogP contribution in [0.2, 0.25) is 0 Å². The average Bonchev–Trinajstić information content (AvgIpc) is 2.38. The molecule has 20 heavy (non-hydrogen) atoms. The summed E-state index contributed by atoms with van der Waals surface area (Å²) < 4.78 is 0. The Morgan fingerprint density at radius 3 is 2.20 bits per heavy atom. The second-order valence-electron chi connectivity index (χ2n) is 6.38. The van der Waals surface area contributed by atoms with Crippen LogP contribution in [0.15, 0.2) is 24.3 Å². The van der Waals surface area contributed by atoms with Crippen LogP contribution in [-0.4, -0.2) is 11.1 Å². The first kappa shape index (κ1) is 18.9. The molecule has 1 N–H and O–H groups in total. The van der Waals surface area contributed by atoms with Crippen LogP contribution in [0, 0.1) is 16.7 Å². The van der Waals surface area contributed by atoms with Crippen LogP contribution in [-0.2, 0) is 4.79 Å². The van der Waals surface area contributed by atoms with Gasteiger partial charge in [-0.3, -0.25) is 4.79 Å². The van der Waals surface area contributed by atoms with Gasteiger partial charge in [0.2, 0.25) is 0 Å². The quantitative estimate of drug-likeness (QED) is 0.570. The lowest BCUT2D eigenvalue weighted by molar-refractivity contribution is -0.162. The molecule has 0 aliphatic heterocycles. The summed E-state index contributed by atoms with van der Waals surface area (Å²) in [5.74, 6) is -0.561. The topological polar surface area (TPSA) is 37.3 Å². The third-order valence-corrected chi connectivity index (χ3v) is 5.08. The van der Waals surface area contributed by atoms with Gasteiger partial charge in [0.1, 0.15) is 0 Å². The molecule has 0 amide bonds. The van der Waals surface area contributed by atoms with Crippen molar-refractivity contribution < 1.29 is 9.90 Å². The van der Waals surface area contributed by atoms with E-state index in [-0.39, 0.29) is 5.92 Å². The molecular weight excluding hydrogens is 248 g/mol. The molecule has 0 rings (SSSR count). The van der Waals surface area contributed by atoms with Crippen LogP contribution in [0.1, 0.15) is 67.2 Å². The zero-order valence-corrected chi connectivity index (χ0v) is 14.1. The fourth-order valence-corrected chi connectivity index (χ4v) is 3.44. The summed E-state index contributed by atoms with van der Waals surface area (Å²) in [5, 5.41) is 9.94. The first-order chi connectivity index (χ1) is 9.21. The second-order valence-corrected chi connectivity index (χ2v) is 6.38. The third-order valence-electron chi connectivity index (χ3n) is 5.08. The van der Waals surface area contributed by atoms with Crippen molar-refractivity contribution in [1.29, 1.82) is 0 Å². The molecular formula is C18H32O2. The SMILES string of the molecule is C=CC(C)(CCC=C(C)C)C(CC)(C(=O)O)C(C)CC. The van der Waals surface area contributed by atoms with Crippen molar-refractivity contribution in [1.82, 2.24) is 0 Å². The molecule has 0 radical (unpaired) electrons. The van der Waals surface area contributed by atoms with E-state index < -0.39 is 16.8 Å². The van der Waals surface area contributed by atoms with Crippen LogP contribution >= 0.6 is 0 Å². The van der Waals surface area contributed by atoms with E-state index >= 15 is 0 Å². The van der Waals surface area contributed by atoms with Crippen molar-refractivity contribution in [3.05, 3.63) is 24.3 Å². The summed E-state index contributed by atoms with van der Waals surface area (Å²) >= 11 is 0. The van der Waals surface area contributed by atoms with Gasteiger partial charge in [0, 0.05) is 5.41 Å². The Kier molecular flexibility index (Phi) is 7.26. The van der Waals surface area contributed by atoms with Gasteiger partial charge in [0.25, 0.3) is 0 Å². The first-order valence-electron chi connectivity index (χ1n) is 7.72. The van der Waals surface area contributed by atoms with Gasteiger partial charge in [0.15, 0.2) is 0 Å². The van der Waals surface area contributed by atoms with Gasteiger partial charge in [-0.15, -0.1) is 6.58 Å². The normalized spacial score (nSPS) is 18.5.